The lowest BCUT2D eigenvalue weighted by Gasteiger charge is -2.10. The van der Waals surface area contributed by atoms with Gasteiger partial charge in [-0.15, -0.1) is 0 Å². The summed E-state index contributed by atoms with van der Waals surface area (Å²) >= 11 is 9.17. The van der Waals surface area contributed by atoms with Gasteiger partial charge in [-0.05, 0) is 37.8 Å². The lowest BCUT2D eigenvalue weighted by molar-refractivity contribution is 0.571. The summed E-state index contributed by atoms with van der Waals surface area (Å²) in [5, 5.41) is 0.478. The fourth-order valence-corrected chi connectivity index (χ4v) is 2.46. The molecule has 0 saturated heterocycles. The Morgan fingerprint density at radius 1 is 1.47 bits per heavy atom. The molecule has 2 rings (SSSR count). The maximum atomic E-state index is 13.6. The van der Waals surface area contributed by atoms with E-state index in [-0.39, 0.29) is 11.4 Å². The highest BCUT2D eigenvalue weighted by atomic mass is 79.9. The minimum atomic E-state index is -0.251. The largest absolute Gasteiger partial charge is 0.325 e. The number of rotatable bonds is 3. The van der Waals surface area contributed by atoms with Crippen LogP contribution in [-0.4, -0.2) is 5.54 Å². The molecule has 1 fully saturated rings. The summed E-state index contributed by atoms with van der Waals surface area (Å²) in [5.74, 6) is -0.251. The van der Waals surface area contributed by atoms with Gasteiger partial charge in [-0.1, -0.05) is 27.5 Å². The van der Waals surface area contributed by atoms with Gasteiger partial charge in [0.2, 0.25) is 0 Å². The van der Waals surface area contributed by atoms with Crippen molar-refractivity contribution in [1.29, 1.82) is 0 Å². The van der Waals surface area contributed by atoms with Crippen molar-refractivity contribution in [2.75, 3.05) is 0 Å². The van der Waals surface area contributed by atoms with Crippen molar-refractivity contribution in [3.05, 3.63) is 33.0 Å². The summed E-state index contributed by atoms with van der Waals surface area (Å²) in [7, 11) is 0. The lowest BCUT2D eigenvalue weighted by Crippen LogP contribution is -2.22. The summed E-state index contributed by atoms with van der Waals surface area (Å²) in [4.78, 5) is 0. The molecule has 0 heterocycles. The Balaban J connectivity index is 2.13. The van der Waals surface area contributed by atoms with E-state index in [1.54, 1.807) is 6.07 Å². The van der Waals surface area contributed by atoms with E-state index in [4.69, 9.17) is 17.3 Å². The number of hydrogen-bond donors (Lipinski definition) is 1. The molecule has 1 nitrogen and oxygen atoms in total. The molecule has 0 aliphatic heterocycles. The van der Waals surface area contributed by atoms with Crippen molar-refractivity contribution in [3.63, 3.8) is 0 Å². The SMILES string of the molecule is NC1(CCc2c(F)cc(Br)cc2Cl)CC1. The van der Waals surface area contributed by atoms with Crippen LogP contribution < -0.4 is 5.73 Å². The highest BCUT2D eigenvalue weighted by Gasteiger charge is 2.37. The van der Waals surface area contributed by atoms with Crippen LogP contribution in [0.4, 0.5) is 4.39 Å². The molecular weight excluding hydrogens is 280 g/mol. The molecule has 1 aliphatic rings. The van der Waals surface area contributed by atoms with Crippen LogP contribution in [0.3, 0.4) is 0 Å². The molecule has 0 unspecified atom stereocenters. The van der Waals surface area contributed by atoms with Crippen LogP contribution in [0.1, 0.15) is 24.8 Å². The first-order valence-electron chi connectivity index (χ1n) is 4.92. The Morgan fingerprint density at radius 2 is 2.13 bits per heavy atom. The highest BCUT2D eigenvalue weighted by molar-refractivity contribution is 9.10. The van der Waals surface area contributed by atoms with E-state index in [2.05, 4.69) is 15.9 Å². The summed E-state index contributed by atoms with van der Waals surface area (Å²) < 4.78 is 14.2. The molecule has 0 spiro atoms. The molecular formula is C11H12BrClFN. The second-order valence-corrected chi connectivity index (χ2v) is 5.53. The molecule has 0 radical (unpaired) electrons. The summed E-state index contributed by atoms with van der Waals surface area (Å²) in [6.07, 6.45) is 3.52. The molecule has 1 saturated carbocycles. The first-order chi connectivity index (χ1) is 7.00. The zero-order chi connectivity index (χ0) is 11.1. The van der Waals surface area contributed by atoms with Crippen molar-refractivity contribution < 1.29 is 4.39 Å². The molecule has 1 aliphatic carbocycles. The average molecular weight is 293 g/mol. The second kappa shape index (κ2) is 4.04. The average Bonchev–Trinajstić information content (AvgIpc) is 2.82. The molecule has 0 bridgehead atoms. The van der Waals surface area contributed by atoms with Gasteiger partial charge in [0.05, 0.1) is 0 Å². The third-order valence-electron chi connectivity index (χ3n) is 2.87. The van der Waals surface area contributed by atoms with Gasteiger partial charge in [0, 0.05) is 20.6 Å². The number of benzene rings is 1. The Labute approximate surface area is 102 Å². The predicted molar refractivity (Wildman–Crippen MR) is 63.6 cm³/mol. The molecule has 15 heavy (non-hydrogen) atoms. The highest BCUT2D eigenvalue weighted by Crippen LogP contribution is 2.37. The van der Waals surface area contributed by atoms with Crippen molar-refractivity contribution in [3.8, 4) is 0 Å². The maximum absolute atomic E-state index is 13.6. The van der Waals surface area contributed by atoms with Crippen LogP contribution in [0.5, 0.6) is 0 Å². The Bertz CT molecular complexity index is 367. The van der Waals surface area contributed by atoms with Gasteiger partial charge in [-0.3, -0.25) is 0 Å². The fraction of sp³-hybridized carbons (Fsp3) is 0.455. The Kier molecular flexibility index (Phi) is 3.06. The fourth-order valence-electron chi connectivity index (χ4n) is 1.60. The third kappa shape index (κ3) is 2.71. The number of hydrogen-bond acceptors (Lipinski definition) is 1. The molecule has 82 valence electrons. The molecule has 4 heteroatoms. The number of nitrogens with two attached hydrogens (primary N) is 1. The van der Waals surface area contributed by atoms with Crippen molar-refractivity contribution in [2.45, 2.75) is 31.2 Å². The van der Waals surface area contributed by atoms with Gasteiger partial charge in [0.25, 0.3) is 0 Å². The van der Waals surface area contributed by atoms with Crippen molar-refractivity contribution >= 4 is 27.5 Å². The van der Waals surface area contributed by atoms with Crippen LogP contribution >= 0.6 is 27.5 Å². The van der Waals surface area contributed by atoms with Gasteiger partial charge < -0.3 is 5.73 Å². The van der Waals surface area contributed by atoms with E-state index >= 15 is 0 Å². The maximum Gasteiger partial charge on any atom is 0.129 e. The lowest BCUT2D eigenvalue weighted by atomic mass is 10.0. The molecule has 0 atom stereocenters. The first kappa shape index (κ1) is 11.4. The quantitative estimate of drug-likeness (QED) is 0.904. The minimum Gasteiger partial charge on any atom is -0.325 e. The van der Waals surface area contributed by atoms with Crippen LogP contribution in [0, 0.1) is 5.82 Å². The smallest absolute Gasteiger partial charge is 0.129 e. The zero-order valence-corrected chi connectivity index (χ0v) is 10.5. The van der Waals surface area contributed by atoms with E-state index in [1.165, 1.54) is 6.07 Å². The van der Waals surface area contributed by atoms with Gasteiger partial charge >= 0.3 is 0 Å². The Morgan fingerprint density at radius 3 is 2.67 bits per heavy atom. The summed E-state index contributed by atoms with van der Waals surface area (Å²) in [6, 6.07) is 3.16. The minimum absolute atomic E-state index is 0.0527. The van der Waals surface area contributed by atoms with Crippen LogP contribution in [-0.2, 0) is 6.42 Å². The van der Waals surface area contributed by atoms with E-state index < -0.39 is 0 Å². The molecule has 2 N–H and O–H groups in total. The monoisotopic (exact) mass is 291 g/mol. The van der Waals surface area contributed by atoms with Gasteiger partial charge in [-0.2, -0.15) is 0 Å². The van der Waals surface area contributed by atoms with Crippen molar-refractivity contribution in [2.24, 2.45) is 5.73 Å². The predicted octanol–water partition coefficient (Wildman–Crippen LogP) is 3.67. The van der Waals surface area contributed by atoms with Crippen LogP contribution in [0.15, 0.2) is 16.6 Å². The van der Waals surface area contributed by atoms with E-state index in [0.29, 0.717) is 21.5 Å². The Hall–Kier alpha value is -0.120. The second-order valence-electron chi connectivity index (χ2n) is 4.21. The van der Waals surface area contributed by atoms with E-state index in [9.17, 15) is 4.39 Å². The van der Waals surface area contributed by atoms with E-state index in [1.807, 2.05) is 0 Å². The zero-order valence-electron chi connectivity index (χ0n) is 8.19. The molecule has 0 amide bonds. The van der Waals surface area contributed by atoms with Crippen LogP contribution in [0.2, 0.25) is 5.02 Å². The van der Waals surface area contributed by atoms with E-state index in [0.717, 1.165) is 19.3 Å². The first-order valence-corrected chi connectivity index (χ1v) is 6.10. The normalized spacial score (nSPS) is 17.9. The topological polar surface area (TPSA) is 26.0 Å². The molecule has 1 aromatic rings. The third-order valence-corrected chi connectivity index (χ3v) is 3.67. The summed E-state index contributed by atoms with van der Waals surface area (Å²) in [6.45, 7) is 0. The standard InChI is InChI=1S/C11H12BrClFN/c12-7-5-9(13)8(10(14)6-7)1-2-11(15)3-4-11/h5-6H,1-4,15H2. The van der Waals surface area contributed by atoms with Crippen LogP contribution in [0.25, 0.3) is 0 Å². The van der Waals surface area contributed by atoms with Gasteiger partial charge in [0.1, 0.15) is 5.82 Å². The number of halogens is 3. The van der Waals surface area contributed by atoms with Crippen molar-refractivity contribution in [1.82, 2.24) is 0 Å². The summed E-state index contributed by atoms with van der Waals surface area (Å²) in [5.41, 5.74) is 6.48. The molecule has 0 aromatic heterocycles. The van der Waals surface area contributed by atoms with Gasteiger partial charge in [-0.25, -0.2) is 4.39 Å². The molecule has 1 aromatic carbocycles. The van der Waals surface area contributed by atoms with Gasteiger partial charge in [0.15, 0.2) is 0 Å².